The second kappa shape index (κ2) is 5.75. The molecular formula is C16H21N3O. The molecule has 106 valence electrons. The van der Waals surface area contributed by atoms with Crippen LogP contribution in [-0.2, 0) is 12.8 Å². The smallest absolute Gasteiger partial charge is 0.243 e. The van der Waals surface area contributed by atoms with Gasteiger partial charge < -0.3 is 10.3 Å². The minimum Gasteiger partial charge on any atom is -0.338 e. The fourth-order valence-electron chi connectivity index (χ4n) is 2.92. The number of hydrogen-bond donors (Lipinski definition) is 1. The molecule has 1 aromatic heterocycles. The molecule has 1 unspecified atom stereocenters. The van der Waals surface area contributed by atoms with Crippen LogP contribution in [0.1, 0.15) is 61.0 Å². The van der Waals surface area contributed by atoms with Crippen LogP contribution >= 0.6 is 0 Å². The van der Waals surface area contributed by atoms with E-state index in [0.29, 0.717) is 11.8 Å². The van der Waals surface area contributed by atoms with Crippen LogP contribution in [-0.4, -0.2) is 10.1 Å². The first kappa shape index (κ1) is 13.3. The van der Waals surface area contributed by atoms with Crippen LogP contribution in [0.3, 0.4) is 0 Å². The SMILES string of the molecule is CCC[C@H](N)c1nc(C2CCc3ccccc3C2)no1. The number of benzene rings is 1. The minimum atomic E-state index is -0.128. The third-order valence-corrected chi connectivity index (χ3v) is 4.09. The average Bonchev–Trinajstić information content (AvgIpc) is 2.97. The van der Waals surface area contributed by atoms with E-state index in [0.717, 1.165) is 37.9 Å². The Hall–Kier alpha value is -1.68. The molecular weight excluding hydrogens is 250 g/mol. The fraction of sp³-hybridized carbons (Fsp3) is 0.500. The van der Waals surface area contributed by atoms with Crippen molar-refractivity contribution in [2.75, 3.05) is 0 Å². The topological polar surface area (TPSA) is 64.9 Å². The van der Waals surface area contributed by atoms with Gasteiger partial charge in [-0.15, -0.1) is 0 Å². The first-order valence-electron chi connectivity index (χ1n) is 7.43. The fourth-order valence-corrected chi connectivity index (χ4v) is 2.92. The molecule has 2 N–H and O–H groups in total. The van der Waals surface area contributed by atoms with Gasteiger partial charge in [-0.25, -0.2) is 0 Å². The molecule has 4 nitrogen and oxygen atoms in total. The van der Waals surface area contributed by atoms with E-state index in [4.69, 9.17) is 10.3 Å². The zero-order valence-corrected chi connectivity index (χ0v) is 11.9. The highest BCUT2D eigenvalue weighted by Gasteiger charge is 2.25. The Kier molecular flexibility index (Phi) is 3.83. The van der Waals surface area contributed by atoms with E-state index in [1.54, 1.807) is 0 Å². The van der Waals surface area contributed by atoms with E-state index in [1.807, 2.05) is 0 Å². The van der Waals surface area contributed by atoms with Crippen molar-refractivity contribution in [3.8, 4) is 0 Å². The van der Waals surface area contributed by atoms with Crippen molar-refractivity contribution in [2.45, 2.75) is 51.0 Å². The number of fused-ring (bicyclic) bond motifs is 1. The van der Waals surface area contributed by atoms with Crippen molar-refractivity contribution >= 4 is 0 Å². The maximum atomic E-state index is 6.03. The minimum absolute atomic E-state index is 0.128. The molecule has 0 spiro atoms. The number of hydrogen-bond acceptors (Lipinski definition) is 4. The summed E-state index contributed by atoms with van der Waals surface area (Å²) in [5.41, 5.74) is 8.89. The quantitative estimate of drug-likeness (QED) is 0.927. The van der Waals surface area contributed by atoms with E-state index in [9.17, 15) is 0 Å². The van der Waals surface area contributed by atoms with Gasteiger partial charge in [0, 0.05) is 5.92 Å². The molecule has 0 saturated heterocycles. The van der Waals surface area contributed by atoms with Gasteiger partial charge in [-0.1, -0.05) is 42.8 Å². The van der Waals surface area contributed by atoms with E-state index < -0.39 is 0 Å². The van der Waals surface area contributed by atoms with E-state index in [-0.39, 0.29) is 6.04 Å². The third-order valence-electron chi connectivity index (χ3n) is 4.09. The predicted octanol–water partition coefficient (Wildman–Crippen LogP) is 3.14. The van der Waals surface area contributed by atoms with Crippen molar-refractivity contribution in [1.82, 2.24) is 10.1 Å². The molecule has 0 amide bonds. The first-order chi connectivity index (χ1) is 9.78. The molecule has 1 aliphatic carbocycles. The van der Waals surface area contributed by atoms with E-state index in [2.05, 4.69) is 41.3 Å². The van der Waals surface area contributed by atoms with Gasteiger partial charge in [0.1, 0.15) is 0 Å². The lowest BCUT2D eigenvalue weighted by Gasteiger charge is -2.21. The molecule has 3 rings (SSSR count). The summed E-state index contributed by atoms with van der Waals surface area (Å²) >= 11 is 0. The maximum Gasteiger partial charge on any atom is 0.243 e. The van der Waals surface area contributed by atoms with Crippen molar-refractivity contribution in [3.05, 3.63) is 47.1 Å². The Labute approximate surface area is 119 Å². The van der Waals surface area contributed by atoms with Crippen molar-refractivity contribution in [3.63, 3.8) is 0 Å². The van der Waals surface area contributed by atoms with Crippen LogP contribution in [0.25, 0.3) is 0 Å². The van der Waals surface area contributed by atoms with Crippen molar-refractivity contribution in [1.29, 1.82) is 0 Å². The molecule has 4 heteroatoms. The molecule has 2 aromatic rings. The number of rotatable bonds is 4. The molecule has 1 heterocycles. The van der Waals surface area contributed by atoms with Crippen LogP contribution in [0.15, 0.2) is 28.8 Å². The van der Waals surface area contributed by atoms with Gasteiger partial charge in [0.05, 0.1) is 6.04 Å². The summed E-state index contributed by atoms with van der Waals surface area (Å²) in [7, 11) is 0. The first-order valence-corrected chi connectivity index (χ1v) is 7.43. The normalized spacial score (nSPS) is 19.6. The molecule has 0 saturated carbocycles. The highest BCUT2D eigenvalue weighted by molar-refractivity contribution is 5.31. The van der Waals surface area contributed by atoms with Crippen LogP contribution in [0.4, 0.5) is 0 Å². The van der Waals surface area contributed by atoms with Crippen LogP contribution in [0.2, 0.25) is 0 Å². The lowest BCUT2D eigenvalue weighted by molar-refractivity contribution is 0.341. The van der Waals surface area contributed by atoms with Gasteiger partial charge in [-0.05, 0) is 36.8 Å². The largest absolute Gasteiger partial charge is 0.338 e. The number of nitrogens with zero attached hydrogens (tertiary/aromatic N) is 2. The average molecular weight is 271 g/mol. The summed E-state index contributed by atoms with van der Waals surface area (Å²) < 4.78 is 5.33. The lowest BCUT2D eigenvalue weighted by Crippen LogP contribution is -2.14. The summed E-state index contributed by atoms with van der Waals surface area (Å²) in [4.78, 5) is 4.52. The Morgan fingerprint density at radius 2 is 2.15 bits per heavy atom. The van der Waals surface area contributed by atoms with Crippen LogP contribution in [0, 0.1) is 0 Å². The maximum absolute atomic E-state index is 6.03. The Balaban J connectivity index is 1.75. The van der Waals surface area contributed by atoms with Crippen molar-refractivity contribution in [2.24, 2.45) is 5.73 Å². The standard InChI is InChI=1S/C16H21N3O/c1-2-5-14(17)16-18-15(19-20-16)13-9-8-11-6-3-4-7-12(11)10-13/h3-4,6-7,13-14H,2,5,8-10,17H2,1H3/t13?,14-/m0/s1. The lowest BCUT2D eigenvalue weighted by atomic mass is 9.83. The molecule has 0 radical (unpaired) electrons. The third kappa shape index (κ3) is 2.61. The molecule has 1 aliphatic rings. The van der Waals surface area contributed by atoms with Crippen LogP contribution < -0.4 is 5.73 Å². The van der Waals surface area contributed by atoms with Gasteiger partial charge in [-0.3, -0.25) is 0 Å². The molecule has 0 bridgehead atoms. The van der Waals surface area contributed by atoms with Gasteiger partial charge in [0.15, 0.2) is 5.82 Å². The summed E-state index contributed by atoms with van der Waals surface area (Å²) in [6.07, 6.45) is 5.08. The van der Waals surface area contributed by atoms with Crippen molar-refractivity contribution < 1.29 is 4.52 Å². The Bertz CT molecular complexity index is 579. The highest BCUT2D eigenvalue weighted by Crippen LogP contribution is 2.31. The second-order valence-corrected chi connectivity index (χ2v) is 5.59. The number of aryl methyl sites for hydroxylation is 1. The summed E-state index contributed by atoms with van der Waals surface area (Å²) in [6, 6.07) is 8.49. The summed E-state index contributed by atoms with van der Waals surface area (Å²) in [6.45, 7) is 2.11. The number of nitrogens with two attached hydrogens (primary N) is 1. The molecule has 0 fully saturated rings. The molecule has 1 aromatic carbocycles. The predicted molar refractivity (Wildman–Crippen MR) is 77.3 cm³/mol. The van der Waals surface area contributed by atoms with Gasteiger partial charge in [0.2, 0.25) is 5.89 Å². The Morgan fingerprint density at radius 3 is 2.95 bits per heavy atom. The van der Waals surface area contributed by atoms with E-state index >= 15 is 0 Å². The van der Waals surface area contributed by atoms with Gasteiger partial charge >= 0.3 is 0 Å². The second-order valence-electron chi connectivity index (χ2n) is 5.59. The zero-order valence-electron chi connectivity index (χ0n) is 11.9. The molecule has 20 heavy (non-hydrogen) atoms. The monoisotopic (exact) mass is 271 g/mol. The molecule has 2 atom stereocenters. The summed E-state index contributed by atoms with van der Waals surface area (Å²) in [5.74, 6) is 1.76. The van der Waals surface area contributed by atoms with E-state index in [1.165, 1.54) is 11.1 Å². The highest BCUT2D eigenvalue weighted by atomic mass is 16.5. The van der Waals surface area contributed by atoms with Gasteiger partial charge in [-0.2, -0.15) is 4.98 Å². The summed E-state index contributed by atoms with van der Waals surface area (Å²) in [5, 5.41) is 4.15. The van der Waals surface area contributed by atoms with Gasteiger partial charge in [0.25, 0.3) is 0 Å². The Morgan fingerprint density at radius 1 is 1.35 bits per heavy atom. The zero-order chi connectivity index (χ0) is 13.9. The van der Waals surface area contributed by atoms with Crippen LogP contribution in [0.5, 0.6) is 0 Å². The number of aromatic nitrogens is 2. The molecule has 0 aliphatic heterocycles.